The second kappa shape index (κ2) is 4.49. The molecular weight excluding hydrogens is 216 g/mol. The quantitative estimate of drug-likeness (QED) is 0.883. The molecule has 0 radical (unpaired) electrons. The first kappa shape index (κ1) is 11.5. The molecule has 1 aromatic heterocycles. The molecule has 2 aromatic rings. The number of aromatic hydroxyl groups is 1. The van der Waals surface area contributed by atoms with E-state index in [0.717, 1.165) is 5.69 Å². The van der Waals surface area contributed by atoms with Crippen molar-refractivity contribution in [3.05, 3.63) is 36.2 Å². The second-order valence-electron chi connectivity index (χ2n) is 4.27. The van der Waals surface area contributed by atoms with Crippen molar-refractivity contribution in [1.82, 2.24) is 9.55 Å². The summed E-state index contributed by atoms with van der Waals surface area (Å²) in [6.07, 6.45) is 1.95. The number of nitrogens with zero attached hydrogens (tertiary/aromatic N) is 2. The van der Waals surface area contributed by atoms with Crippen molar-refractivity contribution in [2.45, 2.75) is 26.8 Å². The van der Waals surface area contributed by atoms with Gasteiger partial charge in [0.2, 0.25) is 0 Å². The highest BCUT2D eigenvalue weighted by Gasteiger charge is 2.10. The molecule has 4 heteroatoms. The number of phenolic OH excluding ortho intramolecular Hbond substituents is 1. The molecule has 0 atom stereocenters. The number of aryl methyl sites for hydroxylation is 1. The first-order valence-corrected chi connectivity index (χ1v) is 5.58. The molecule has 4 nitrogen and oxygen atoms in total. The van der Waals surface area contributed by atoms with Gasteiger partial charge in [0.1, 0.15) is 11.5 Å². The lowest BCUT2D eigenvalue weighted by Gasteiger charge is -2.11. The molecule has 17 heavy (non-hydrogen) atoms. The summed E-state index contributed by atoms with van der Waals surface area (Å²) in [5, 5.41) is 9.37. The van der Waals surface area contributed by atoms with Crippen molar-refractivity contribution in [3.8, 4) is 17.5 Å². The van der Waals surface area contributed by atoms with E-state index in [1.807, 2.05) is 17.7 Å². The van der Waals surface area contributed by atoms with Gasteiger partial charge in [0.25, 0.3) is 0 Å². The van der Waals surface area contributed by atoms with Crippen LogP contribution in [0.5, 0.6) is 17.5 Å². The van der Waals surface area contributed by atoms with Crippen LogP contribution in [0.2, 0.25) is 0 Å². The molecule has 2 rings (SSSR count). The highest BCUT2D eigenvalue weighted by Crippen LogP contribution is 2.26. The third kappa shape index (κ3) is 2.58. The van der Waals surface area contributed by atoms with E-state index in [4.69, 9.17) is 4.74 Å². The zero-order valence-electron chi connectivity index (χ0n) is 10.2. The number of hydrogen-bond donors (Lipinski definition) is 1. The standard InChI is InChI=1S/C13H16N2O2/c1-9(2)15-8-10(3)14-13(15)17-12-6-4-5-11(16)7-12/h4-9,16H,1-3H3. The number of aromatic nitrogens is 2. The monoisotopic (exact) mass is 232 g/mol. The Balaban J connectivity index is 2.29. The van der Waals surface area contributed by atoms with Crippen LogP contribution in [0.25, 0.3) is 0 Å². The summed E-state index contributed by atoms with van der Waals surface area (Å²) in [6.45, 7) is 6.06. The van der Waals surface area contributed by atoms with Gasteiger partial charge in [-0.05, 0) is 32.9 Å². The Bertz CT molecular complexity index is 518. The lowest BCUT2D eigenvalue weighted by Crippen LogP contribution is -2.01. The van der Waals surface area contributed by atoms with Gasteiger partial charge in [-0.15, -0.1) is 0 Å². The molecule has 0 saturated carbocycles. The van der Waals surface area contributed by atoms with Gasteiger partial charge in [0, 0.05) is 18.3 Å². The molecule has 0 unspecified atom stereocenters. The zero-order chi connectivity index (χ0) is 12.4. The Hall–Kier alpha value is -1.97. The minimum Gasteiger partial charge on any atom is -0.508 e. The van der Waals surface area contributed by atoms with Crippen LogP contribution in [0.3, 0.4) is 0 Å². The van der Waals surface area contributed by atoms with Gasteiger partial charge < -0.3 is 9.84 Å². The predicted molar refractivity (Wildman–Crippen MR) is 65.5 cm³/mol. The molecule has 90 valence electrons. The first-order chi connectivity index (χ1) is 8.06. The van der Waals surface area contributed by atoms with Crippen molar-refractivity contribution >= 4 is 0 Å². The van der Waals surface area contributed by atoms with Crippen LogP contribution in [0.15, 0.2) is 30.5 Å². The third-order valence-electron chi connectivity index (χ3n) is 2.40. The average molecular weight is 232 g/mol. The molecule has 0 aliphatic heterocycles. The Morgan fingerprint density at radius 1 is 1.35 bits per heavy atom. The number of phenols is 1. The molecule has 0 fully saturated rings. The topological polar surface area (TPSA) is 47.3 Å². The van der Waals surface area contributed by atoms with Crippen LogP contribution in [-0.4, -0.2) is 14.7 Å². The number of hydrogen-bond acceptors (Lipinski definition) is 3. The minimum atomic E-state index is 0.182. The van der Waals surface area contributed by atoms with Crippen LogP contribution >= 0.6 is 0 Å². The molecule has 1 aromatic carbocycles. The van der Waals surface area contributed by atoms with Gasteiger partial charge in [-0.2, -0.15) is 0 Å². The lowest BCUT2D eigenvalue weighted by molar-refractivity contribution is 0.392. The van der Waals surface area contributed by atoms with Crippen LogP contribution in [0.1, 0.15) is 25.6 Å². The van der Waals surface area contributed by atoms with E-state index in [9.17, 15) is 5.11 Å². The van der Waals surface area contributed by atoms with Crippen molar-refractivity contribution < 1.29 is 9.84 Å². The smallest absolute Gasteiger partial charge is 0.302 e. The van der Waals surface area contributed by atoms with Crippen LogP contribution in [-0.2, 0) is 0 Å². The maximum Gasteiger partial charge on any atom is 0.302 e. The fourth-order valence-electron chi connectivity index (χ4n) is 1.59. The van der Waals surface area contributed by atoms with Crippen LogP contribution < -0.4 is 4.74 Å². The first-order valence-electron chi connectivity index (χ1n) is 5.58. The van der Waals surface area contributed by atoms with Crippen molar-refractivity contribution in [3.63, 3.8) is 0 Å². The number of ether oxygens (including phenoxy) is 1. The minimum absolute atomic E-state index is 0.182. The van der Waals surface area contributed by atoms with Crippen molar-refractivity contribution in [2.24, 2.45) is 0 Å². The van der Waals surface area contributed by atoms with E-state index in [-0.39, 0.29) is 11.8 Å². The summed E-state index contributed by atoms with van der Waals surface area (Å²) in [5.41, 5.74) is 0.911. The number of rotatable bonds is 3. The summed E-state index contributed by atoms with van der Waals surface area (Å²) in [4.78, 5) is 4.32. The van der Waals surface area contributed by atoms with E-state index < -0.39 is 0 Å². The van der Waals surface area contributed by atoms with Gasteiger partial charge in [-0.1, -0.05) is 6.07 Å². The summed E-state index contributed by atoms with van der Waals surface area (Å²) in [7, 11) is 0. The zero-order valence-corrected chi connectivity index (χ0v) is 10.2. The summed E-state index contributed by atoms with van der Waals surface area (Å²) < 4.78 is 7.62. The van der Waals surface area contributed by atoms with E-state index in [2.05, 4.69) is 18.8 Å². The summed E-state index contributed by atoms with van der Waals surface area (Å²) in [6, 6.07) is 7.52. The van der Waals surface area contributed by atoms with Gasteiger partial charge in [-0.25, -0.2) is 4.98 Å². The highest BCUT2D eigenvalue weighted by molar-refractivity contribution is 5.33. The number of benzene rings is 1. The largest absolute Gasteiger partial charge is 0.508 e. The average Bonchev–Trinajstić information content (AvgIpc) is 2.59. The molecule has 0 bridgehead atoms. The predicted octanol–water partition coefficient (Wildman–Crippen LogP) is 3.27. The Morgan fingerprint density at radius 2 is 2.12 bits per heavy atom. The Kier molecular flexibility index (Phi) is 3.04. The maximum absolute atomic E-state index is 9.37. The van der Waals surface area contributed by atoms with Gasteiger partial charge in [-0.3, -0.25) is 4.57 Å². The van der Waals surface area contributed by atoms with Crippen molar-refractivity contribution in [2.75, 3.05) is 0 Å². The SMILES string of the molecule is Cc1cn(C(C)C)c(Oc2cccc(O)c2)n1. The summed E-state index contributed by atoms with van der Waals surface area (Å²) in [5.74, 6) is 0.763. The normalized spacial score (nSPS) is 10.8. The Morgan fingerprint density at radius 3 is 2.76 bits per heavy atom. The molecule has 0 saturated heterocycles. The molecule has 0 aliphatic rings. The molecule has 1 N–H and O–H groups in total. The Labute approximate surface area is 100 Å². The van der Waals surface area contributed by atoms with E-state index in [1.54, 1.807) is 24.3 Å². The van der Waals surface area contributed by atoms with Crippen LogP contribution in [0, 0.1) is 6.92 Å². The summed E-state index contributed by atoms with van der Waals surface area (Å²) >= 11 is 0. The highest BCUT2D eigenvalue weighted by atomic mass is 16.5. The third-order valence-corrected chi connectivity index (χ3v) is 2.40. The maximum atomic E-state index is 9.37. The number of imidazole rings is 1. The second-order valence-corrected chi connectivity index (χ2v) is 4.27. The molecule has 1 heterocycles. The van der Waals surface area contributed by atoms with E-state index in [1.165, 1.54) is 0 Å². The molecule has 0 amide bonds. The molecule has 0 aliphatic carbocycles. The van der Waals surface area contributed by atoms with Crippen molar-refractivity contribution in [1.29, 1.82) is 0 Å². The fourth-order valence-corrected chi connectivity index (χ4v) is 1.59. The van der Waals surface area contributed by atoms with Gasteiger partial charge >= 0.3 is 6.01 Å². The fraction of sp³-hybridized carbons (Fsp3) is 0.308. The van der Waals surface area contributed by atoms with Gasteiger partial charge in [0.15, 0.2) is 0 Å². The van der Waals surface area contributed by atoms with E-state index >= 15 is 0 Å². The molecule has 0 spiro atoms. The lowest BCUT2D eigenvalue weighted by atomic mass is 10.3. The van der Waals surface area contributed by atoms with E-state index in [0.29, 0.717) is 11.8 Å². The molecular formula is C13H16N2O2. The van der Waals surface area contributed by atoms with Crippen LogP contribution in [0.4, 0.5) is 0 Å². The van der Waals surface area contributed by atoms with Gasteiger partial charge in [0.05, 0.1) is 5.69 Å².